The number of primary sulfonamides is 1. The highest BCUT2D eigenvalue weighted by Crippen LogP contribution is 2.26. The minimum absolute atomic E-state index is 0.0106. The van der Waals surface area contributed by atoms with Crippen LogP contribution < -0.4 is 5.14 Å². The van der Waals surface area contributed by atoms with E-state index >= 15 is 0 Å². The maximum absolute atomic E-state index is 13.1. The summed E-state index contributed by atoms with van der Waals surface area (Å²) in [7, 11) is -2.14. The molecule has 0 saturated carbocycles. The van der Waals surface area contributed by atoms with Crippen LogP contribution in [0.1, 0.15) is 52.1 Å². The summed E-state index contributed by atoms with van der Waals surface area (Å²) in [6, 6.07) is 5.93. The minimum atomic E-state index is -3.82. The van der Waals surface area contributed by atoms with E-state index in [1.807, 2.05) is 27.7 Å². The smallest absolute Gasteiger partial charge is 0.410 e. The molecule has 0 bridgehead atoms. The van der Waals surface area contributed by atoms with Gasteiger partial charge in [-0.25, -0.2) is 18.4 Å². The van der Waals surface area contributed by atoms with Gasteiger partial charge in [0.2, 0.25) is 15.9 Å². The molecule has 1 aromatic carbocycles. The molecule has 2 atom stereocenters. The first-order valence-electron chi connectivity index (χ1n) is 9.67. The van der Waals surface area contributed by atoms with E-state index in [2.05, 4.69) is 0 Å². The van der Waals surface area contributed by atoms with Crippen molar-refractivity contribution in [2.45, 2.75) is 57.1 Å². The number of hydrogen-bond acceptors (Lipinski definition) is 5. The van der Waals surface area contributed by atoms with Crippen LogP contribution in [0.2, 0.25) is 0 Å². The summed E-state index contributed by atoms with van der Waals surface area (Å²) in [6.07, 6.45) is 0.997. The third-order valence-electron chi connectivity index (χ3n) is 5.02. The van der Waals surface area contributed by atoms with E-state index in [0.717, 1.165) is 6.42 Å². The van der Waals surface area contributed by atoms with Crippen molar-refractivity contribution < 1.29 is 22.7 Å². The van der Waals surface area contributed by atoms with Crippen molar-refractivity contribution in [1.29, 1.82) is 0 Å². The van der Waals surface area contributed by atoms with Crippen molar-refractivity contribution in [3.8, 4) is 0 Å². The van der Waals surface area contributed by atoms with E-state index in [0.29, 0.717) is 25.1 Å². The molecule has 9 heteroatoms. The molecule has 1 aromatic rings. The first-order valence-corrected chi connectivity index (χ1v) is 11.2. The molecular formula is C20H31N3O5S. The van der Waals surface area contributed by atoms with E-state index in [1.54, 1.807) is 29.0 Å². The van der Waals surface area contributed by atoms with Crippen LogP contribution in [0.5, 0.6) is 0 Å². The topological polar surface area (TPSA) is 110 Å². The Kier molecular flexibility index (Phi) is 6.95. The van der Waals surface area contributed by atoms with E-state index in [9.17, 15) is 18.0 Å². The Morgan fingerprint density at radius 3 is 2.55 bits per heavy atom. The predicted octanol–water partition coefficient (Wildman–Crippen LogP) is 2.50. The lowest BCUT2D eigenvalue weighted by molar-refractivity contribution is -0.137. The van der Waals surface area contributed by atoms with Crippen LogP contribution in [0.3, 0.4) is 0 Å². The summed E-state index contributed by atoms with van der Waals surface area (Å²) in [5, 5.41) is 5.21. The fourth-order valence-electron chi connectivity index (χ4n) is 3.32. The van der Waals surface area contributed by atoms with Crippen molar-refractivity contribution >= 4 is 22.0 Å². The van der Waals surface area contributed by atoms with Crippen molar-refractivity contribution in [2.75, 3.05) is 20.1 Å². The standard InChI is InChI=1S/C20H31N3O5S/c1-14(15-8-6-10-17(12-15)29(21,26)27)22(5)18(24)16-9-7-11-23(13-16)19(25)28-20(2,3)4/h6,8,10,12,14,16H,7,9,11,13H2,1-5H3,(H2,21,26,27). The molecule has 29 heavy (non-hydrogen) atoms. The third kappa shape index (κ3) is 6.17. The average molecular weight is 426 g/mol. The zero-order valence-electron chi connectivity index (χ0n) is 17.7. The quantitative estimate of drug-likeness (QED) is 0.797. The van der Waals surface area contributed by atoms with Crippen LogP contribution in [0.15, 0.2) is 29.2 Å². The van der Waals surface area contributed by atoms with Gasteiger partial charge >= 0.3 is 6.09 Å². The normalized spacial score (nSPS) is 18.8. The van der Waals surface area contributed by atoms with Crippen molar-refractivity contribution in [3.63, 3.8) is 0 Å². The third-order valence-corrected chi connectivity index (χ3v) is 5.93. The van der Waals surface area contributed by atoms with Gasteiger partial charge in [0, 0.05) is 20.1 Å². The molecule has 1 aliphatic heterocycles. The van der Waals surface area contributed by atoms with E-state index in [1.165, 1.54) is 12.1 Å². The summed E-state index contributed by atoms with van der Waals surface area (Å²) in [5.41, 5.74) is 0.0837. The zero-order chi connectivity index (χ0) is 22.0. The second kappa shape index (κ2) is 8.71. The first kappa shape index (κ1) is 23.2. The minimum Gasteiger partial charge on any atom is -0.444 e. The van der Waals surface area contributed by atoms with Crippen molar-refractivity contribution in [3.05, 3.63) is 29.8 Å². The molecule has 1 heterocycles. The summed E-state index contributed by atoms with van der Waals surface area (Å²) in [4.78, 5) is 28.6. The largest absolute Gasteiger partial charge is 0.444 e. The van der Waals surface area contributed by atoms with Crippen LogP contribution in [0.4, 0.5) is 4.79 Å². The van der Waals surface area contributed by atoms with Gasteiger partial charge in [0.05, 0.1) is 16.9 Å². The van der Waals surface area contributed by atoms with Gasteiger partial charge in [0.1, 0.15) is 5.60 Å². The molecule has 0 spiro atoms. The lowest BCUT2D eigenvalue weighted by Crippen LogP contribution is -2.47. The maximum atomic E-state index is 13.1. The lowest BCUT2D eigenvalue weighted by atomic mass is 9.95. The predicted molar refractivity (Wildman–Crippen MR) is 110 cm³/mol. The van der Waals surface area contributed by atoms with Gasteiger partial charge in [-0.05, 0) is 58.2 Å². The summed E-state index contributed by atoms with van der Waals surface area (Å²) in [6.45, 7) is 8.12. The van der Waals surface area contributed by atoms with Gasteiger partial charge in [0.25, 0.3) is 0 Å². The number of nitrogens with zero attached hydrogens (tertiary/aromatic N) is 2. The number of piperidine rings is 1. The molecule has 2 unspecified atom stereocenters. The number of rotatable bonds is 4. The number of ether oxygens (including phenoxy) is 1. The zero-order valence-corrected chi connectivity index (χ0v) is 18.5. The van der Waals surface area contributed by atoms with Crippen LogP contribution in [0, 0.1) is 5.92 Å². The number of hydrogen-bond donors (Lipinski definition) is 1. The van der Waals surface area contributed by atoms with Gasteiger partial charge in [-0.1, -0.05) is 12.1 Å². The highest BCUT2D eigenvalue weighted by Gasteiger charge is 2.33. The SMILES string of the molecule is CC(c1cccc(S(N)(=O)=O)c1)N(C)C(=O)C1CCCN(C(=O)OC(C)(C)C)C1. The summed E-state index contributed by atoms with van der Waals surface area (Å²) >= 11 is 0. The highest BCUT2D eigenvalue weighted by molar-refractivity contribution is 7.89. The van der Waals surface area contributed by atoms with Gasteiger partial charge in [0.15, 0.2) is 0 Å². The Morgan fingerprint density at radius 1 is 1.31 bits per heavy atom. The fourth-order valence-corrected chi connectivity index (χ4v) is 3.89. The number of likely N-dealkylation sites (tertiary alicyclic amines) is 1. The van der Waals surface area contributed by atoms with E-state index in [-0.39, 0.29) is 22.8 Å². The molecule has 2 N–H and O–H groups in total. The van der Waals surface area contributed by atoms with Gasteiger partial charge in [-0.15, -0.1) is 0 Å². The van der Waals surface area contributed by atoms with Crippen LogP contribution in [-0.2, 0) is 19.6 Å². The molecule has 8 nitrogen and oxygen atoms in total. The van der Waals surface area contributed by atoms with Crippen molar-refractivity contribution in [2.24, 2.45) is 11.1 Å². The molecule has 1 aliphatic rings. The number of benzene rings is 1. The Bertz CT molecular complexity index is 863. The Labute approximate surface area is 173 Å². The number of sulfonamides is 1. The second-order valence-electron chi connectivity index (χ2n) is 8.51. The number of amides is 2. The van der Waals surface area contributed by atoms with E-state index < -0.39 is 21.7 Å². The molecule has 162 valence electrons. The number of carbonyl (C=O) groups is 2. The maximum Gasteiger partial charge on any atom is 0.410 e. The molecular weight excluding hydrogens is 394 g/mol. The summed E-state index contributed by atoms with van der Waals surface area (Å²) in [5.74, 6) is -0.420. The van der Waals surface area contributed by atoms with Crippen molar-refractivity contribution in [1.82, 2.24) is 9.80 Å². The molecule has 0 aliphatic carbocycles. The molecule has 1 saturated heterocycles. The molecule has 1 fully saturated rings. The number of carbonyl (C=O) groups excluding carboxylic acids is 2. The molecule has 2 rings (SSSR count). The van der Waals surface area contributed by atoms with Crippen LogP contribution in [-0.4, -0.2) is 56.0 Å². The molecule has 2 amide bonds. The van der Waals surface area contributed by atoms with E-state index in [4.69, 9.17) is 9.88 Å². The number of nitrogens with two attached hydrogens (primary N) is 1. The molecule has 0 radical (unpaired) electrons. The Morgan fingerprint density at radius 2 is 1.97 bits per heavy atom. The van der Waals surface area contributed by atoms with Gasteiger partial charge in [-0.2, -0.15) is 0 Å². The monoisotopic (exact) mass is 425 g/mol. The van der Waals surface area contributed by atoms with Gasteiger partial charge < -0.3 is 14.5 Å². The first-order chi connectivity index (χ1) is 13.3. The lowest BCUT2D eigenvalue weighted by Gasteiger charge is -2.36. The average Bonchev–Trinajstić information content (AvgIpc) is 2.64. The second-order valence-corrected chi connectivity index (χ2v) is 10.1. The van der Waals surface area contributed by atoms with Gasteiger partial charge in [-0.3, -0.25) is 4.79 Å². The van der Waals surface area contributed by atoms with Crippen LogP contribution in [0.25, 0.3) is 0 Å². The fraction of sp³-hybridized carbons (Fsp3) is 0.600. The molecule has 0 aromatic heterocycles. The highest BCUT2D eigenvalue weighted by atomic mass is 32.2. The summed E-state index contributed by atoms with van der Waals surface area (Å²) < 4.78 is 28.6. The Hall–Kier alpha value is -2.13. The van der Waals surface area contributed by atoms with Crippen LogP contribution >= 0.6 is 0 Å². The Balaban J connectivity index is 2.10.